The van der Waals surface area contributed by atoms with Crippen LogP contribution < -0.4 is 5.32 Å². The van der Waals surface area contributed by atoms with E-state index in [2.05, 4.69) is 25.0 Å². The van der Waals surface area contributed by atoms with Crippen LogP contribution in [0, 0.1) is 0 Å². The summed E-state index contributed by atoms with van der Waals surface area (Å²) in [4.78, 5) is 19.4. The number of imidazole rings is 1. The SMILES string of the molecule is O=C(NC1CC1)c1ccc(-c2nc(-c3c(-c4ccccc4)noc3C(F)(F)F)c[nH]2)cc1. The van der Waals surface area contributed by atoms with Crippen molar-refractivity contribution in [3.05, 3.63) is 72.1 Å². The van der Waals surface area contributed by atoms with E-state index in [4.69, 9.17) is 0 Å². The highest BCUT2D eigenvalue weighted by atomic mass is 19.4. The Kier molecular flexibility index (Phi) is 4.80. The van der Waals surface area contributed by atoms with Crippen LogP contribution in [0.5, 0.6) is 0 Å². The zero-order valence-corrected chi connectivity index (χ0v) is 16.6. The fraction of sp³-hybridized carbons (Fsp3) is 0.174. The number of carbonyl (C=O) groups is 1. The van der Waals surface area contributed by atoms with Gasteiger partial charge in [-0.1, -0.05) is 47.6 Å². The summed E-state index contributed by atoms with van der Waals surface area (Å²) < 4.78 is 45.5. The number of carbonyl (C=O) groups excluding carboxylic acids is 1. The fourth-order valence-corrected chi connectivity index (χ4v) is 3.39. The van der Waals surface area contributed by atoms with Gasteiger partial charge in [-0.3, -0.25) is 4.79 Å². The van der Waals surface area contributed by atoms with Gasteiger partial charge in [0.15, 0.2) is 0 Å². The van der Waals surface area contributed by atoms with Crippen molar-refractivity contribution in [2.75, 3.05) is 0 Å². The number of rotatable bonds is 5. The van der Waals surface area contributed by atoms with Gasteiger partial charge in [-0.2, -0.15) is 13.2 Å². The molecule has 5 rings (SSSR count). The van der Waals surface area contributed by atoms with Gasteiger partial charge in [-0.25, -0.2) is 4.98 Å². The molecule has 0 aliphatic heterocycles. The minimum Gasteiger partial charge on any atom is -0.350 e. The summed E-state index contributed by atoms with van der Waals surface area (Å²) in [5.41, 5.74) is 1.51. The topological polar surface area (TPSA) is 83.8 Å². The quantitative estimate of drug-likeness (QED) is 0.442. The Morgan fingerprint density at radius 1 is 1.03 bits per heavy atom. The molecule has 6 nitrogen and oxygen atoms in total. The number of amides is 1. The van der Waals surface area contributed by atoms with Crippen LogP contribution in [0.25, 0.3) is 33.9 Å². The van der Waals surface area contributed by atoms with Crippen molar-refractivity contribution in [3.8, 4) is 33.9 Å². The molecule has 2 aromatic carbocycles. The van der Waals surface area contributed by atoms with Crippen LogP contribution in [-0.2, 0) is 6.18 Å². The third-order valence-corrected chi connectivity index (χ3v) is 5.16. The molecule has 2 aromatic heterocycles. The highest BCUT2D eigenvalue weighted by Gasteiger charge is 2.41. The van der Waals surface area contributed by atoms with Gasteiger partial charge in [-0.05, 0) is 25.0 Å². The van der Waals surface area contributed by atoms with Gasteiger partial charge < -0.3 is 14.8 Å². The molecule has 4 aromatic rings. The monoisotopic (exact) mass is 438 g/mol. The average molecular weight is 438 g/mol. The second kappa shape index (κ2) is 7.67. The molecule has 0 bridgehead atoms. The van der Waals surface area contributed by atoms with E-state index in [1.165, 1.54) is 6.20 Å². The second-order valence-corrected chi connectivity index (χ2v) is 7.56. The molecule has 0 atom stereocenters. The maximum Gasteiger partial charge on any atom is 0.453 e. The van der Waals surface area contributed by atoms with Crippen LogP contribution in [0.4, 0.5) is 13.2 Å². The molecular formula is C23H17F3N4O2. The van der Waals surface area contributed by atoms with Gasteiger partial charge in [-0.15, -0.1) is 0 Å². The largest absolute Gasteiger partial charge is 0.453 e. The number of nitrogens with one attached hydrogen (secondary N) is 2. The van der Waals surface area contributed by atoms with Gasteiger partial charge in [0.05, 0.1) is 11.3 Å². The predicted octanol–water partition coefficient (Wildman–Crippen LogP) is 5.31. The number of halogens is 3. The van der Waals surface area contributed by atoms with Gasteiger partial charge in [0.25, 0.3) is 5.91 Å². The molecule has 1 aliphatic rings. The first-order chi connectivity index (χ1) is 15.4. The molecule has 1 amide bonds. The van der Waals surface area contributed by atoms with Gasteiger partial charge in [0.1, 0.15) is 11.5 Å². The maximum atomic E-state index is 13.6. The van der Waals surface area contributed by atoms with Crippen molar-refractivity contribution in [2.45, 2.75) is 25.1 Å². The van der Waals surface area contributed by atoms with Crippen molar-refractivity contribution in [1.29, 1.82) is 0 Å². The summed E-state index contributed by atoms with van der Waals surface area (Å²) >= 11 is 0. The molecular weight excluding hydrogens is 421 g/mol. The van der Waals surface area contributed by atoms with E-state index in [0.29, 0.717) is 22.5 Å². The number of aromatic nitrogens is 3. The molecule has 1 saturated carbocycles. The van der Waals surface area contributed by atoms with Crippen molar-refractivity contribution < 1.29 is 22.5 Å². The lowest BCUT2D eigenvalue weighted by molar-refractivity contribution is -0.154. The molecule has 2 heterocycles. The number of aromatic amines is 1. The smallest absolute Gasteiger partial charge is 0.350 e. The van der Waals surface area contributed by atoms with E-state index < -0.39 is 11.9 Å². The van der Waals surface area contributed by atoms with Crippen molar-refractivity contribution in [2.24, 2.45) is 0 Å². The Balaban J connectivity index is 1.49. The Bertz CT molecular complexity index is 1260. The Morgan fingerprint density at radius 2 is 1.75 bits per heavy atom. The molecule has 162 valence electrons. The van der Waals surface area contributed by atoms with E-state index in [-0.39, 0.29) is 28.9 Å². The Labute approximate surface area is 180 Å². The maximum absolute atomic E-state index is 13.6. The molecule has 0 radical (unpaired) electrons. The Hall–Kier alpha value is -3.88. The van der Waals surface area contributed by atoms with Gasteiger partial charge >= 0.3 is 6.18 Å². The first kappa shape index (κ1) is 20.0. The lowest BCUT2D eigenvalue weighted by atomic mass is 10.0. The summed E-state index contributed by atoms with van der Waals surface area (Å²) in [5.74, 6) is -0.991. The number of hydrogen-bond donors (Lipinski definition) is 2. The summed E-state index contributed by atoms with van der Waals surface area (Å²) in [7, 11) is 0. The number of nitrogens with zero attached hydrogens (tertiary/aromatic N) is 2. The molecule has 1 fully saturated rings. The standard InChI is InChI=1S/C23H17F3N4O2/c24-23(25,26)20-18(19(30-32-20)13-4-2-1-3-5-13)17-12-27-21(29-17)14-6-8-15(9-7-14)22(31)28-16-10-11-16/h1-9,12,16H,10-11H2,(H,27,29)(H,28,31). The fourth-order valence-electron chi connectivity index (χ4n) is 3.39. The molecule has 0 spiro atoms. The highest BCUT2D eigenvalue weighted by molar-refractivity contribution is 5.95. The van der Waals surface area contributed by atoms with E-state index in [9.17, 15) is 18.0 Å². The van der Waals surface area contributed by atoms with Crippen molar-refractivity contribution >= 4 is 5.91 Å². The zero-order valence-electron chi connectivity index (χ0n) is 16.6. The van der Waals surface area contributed by atoms with Crippen molar-refractivity contribution in [3.63, 3.8) is 0 Å². The molecule has 0 unspecified atom stereocenters. The summed E-state index contributed by atoms with van der Waals surface area (Å²) in [6.07, 6.45) is -1.36. The van der Waals surface area contributed by atoms with Crippen LogP contribution in [-0.4, -0.2) is 27.1 Å². The number of H-pyrrole nitrogens is 1. The van der Waals surface area contributed by atoms with E-state index >= 15 is 0 Å². The minimum absolute atomic E-state index is 0.0583. The highest BCUT2D eigenvalue weighted by Crippen LogP contribution is 2.42. The minimum atomic E-state index is -4.73. The van der Waals surface area contributed by atoms with Crippen LogP contribution in [0.3, 0.4) is 0 Å². The first-order valence-electron chi connectivity index (χ1n) is 9.99. The van der Waals surface area contributed by atoms with Gasteiger partial charge in [0, 0.05) is 28.9 Å². The second-order valence-electron chi connectivity index (χ2n) is 7.56. The molecule has 0 saturated heterocycles. The lowest BCUT2D eigenvalue weighted by Crippen LogP contribution is -2.25. The van der Waals surface area contributed by atoms with E-state index in [0.717, 1.165) is 12.8 Å². The summed E-state index contributed by atoms with van der Waals surface area (Å²) in [6.45, 7) is 0. The van der Waals surface area contributed by atoms with Gasteiger partial charge in [0.2, 0.25) is 5.76 Å². The lowest BCUT2D eigenvalue weighted by Gasteiger charge is -2.05. The normalized spacial score (nSPS) is 13.8. The number of hydrogen-bond acceptors (Lipinski definition) is 4. The first-order valence-corrected chi connectivity index (χ1v) is 9.99. The van der Waals surface area contributed by atoms with Crippen molar-refractivity contribution in [1.82, 2.24) is 20.4 Å². The van der Waals surface area contributed by atoms with Crippen LogP contribution >= 0.6 is 0 Å². The molecule has 2 N–H and O–H groups in total. The zero-order chi connectivity index (χ0) is 22.3. The van der Waals surface area contributed by atoms with Crippen LogP contribution in [0.2, 0.25) is 0 Å². The molecule has 9 heteroatoms. The number of benzene rings is 2. The van der Waals surface area contributed by atoms with Crippen LogP contribution in [0.1, 0.15) is 29.0 Å². The summed E-state index contributed by atoms with van der Waals surface area (Å²) in [6, 6.07) is 15.4. The average Bonchev–Trinajstić information content (AvgIpc) is 3.27. The molecule has 1 aliphatic carbocycles. The number of alkyl halides is 3. The Morgan fingerprint density at radius 3 is 2.41 bits per heavy atom. The summed E-state index contributed by atoms with van der Waals surface area (Å²) in [5, 5.41) is 6.59. The molecule has 32 heavy (non-hydrogen) atoms. The predicted molar refractivity (Wildman–Crippen MR) is 110 cm³/mol. The third kappa shape index (κ3) is 3.89. The third-order valence-electron chi connectivity index (χ3n) is 5.16. The van der Waals surface area contributed by atoms with E-state index in [1.54, 1.807) is 54.6 Å². The van der Waals surface area contributed by atoms with E-state index in [1.807, 2.05) is 0 Å². The van der Waals surface area contributed by atoms with Crippen LogP contribution in [0.15, 0.2) is 65.3 Å².